The Balaban J connectivity index is 1.71. The molecule has 3 heterocycles. The molecule has 0 aromatic carbocycles. The summed E-state index contributed by atoms with van der Waals surface area (Å²) in [6.07, 6.45) is 2.45. The Kier molecular flexibility index (Phi) is 5.03. The number of nitrogens with one attached hydrogen (secondary N) is 1. The van der Waals surface area contributed by atoms with Crippen LogP contribution in [0.25, 0.3) is 0 Å². The summed E-state index contributed by atoms with van der Waals surface area (Å²) in [4.78, 5) is 37.9. The Bertz CT molecular complexity index is 775. The van der Waals surface area contributed by atoms with Crippen molar-refractivity contribution in [3.8, 4) is 0 Å². The smallest absolute Gasteiger partial charge is 0.276 e. The molecular formula is C16H19N5O4. The third kappa shape index (κ3) is 4.00. The largest absolute Gasteiger partial charge is 0.448 e. The molecular weight excluding hydrogens is 326 g/mol. The summed E-state index contributed by atoms with van der Waals surface area (Å²) in [6, 6.07) is 1.73. The molecule has 132 valence electrons. The second-order valence-corrected chi connectivity index (χ2v) is 5.68. The van der Waals surface area contributed by atoms with E-state index in [4.69, 9.17) is 9.15 Å². The summed E-state index contributed by atoms with van der Waals surface area (Å²) >= 11 is 0. The summed E-state index contributed by atoms with van der Waals surface area (Å²) in [7, 11) is 0. The molecule has 1 fully saturated rings. The van der Waals surface area contributed by atoms with E-state index in [1.165, 1.54) is 13.3 Å². The zero-order valence-corrected chi connectivity index (χ0v) is 14.1. The number of rotatable bonds is 4. The number of amides is 2. The van der Waals surface area contributed by atoms with Crippen LogP contribution in [0.2, 0.25) is 0 Å². The Labute approximate surface area is 144 Å². The molecule has 0 bridgehead atoms. The average molecular weight is 345 g/mol. The number of carbonyl (C=O) groups is 2. The first kappa shape index (κ1) is 17.0. The molecule has 2 aromatic heterocycles. The molecule has 1 N–H and O–H groups in total. The highest BCUT2D eigenvalue weighted by molar-refractivity contribution is 5.93. The minimum absolute atomic E-state index is 0.131. The first-order valence-electron chi connectivity index (χ1n) is 7.92. The average Bonchev–Trinajstić information content (AvgIpc) is 3.05. The number of hydrogen-bond donors (Lipinski definition) is 1. The van der Waals surface area contributed by atoms with Gasteiger partial charge in [0.15, 0.2) is 17.9 Å². The Hall–Kier alpha value is -2.81. The number of nitrogens with zero attached hydrogens (tertiary/aromatic N) is 4. The molecule has 1 aliphatic rings. The maximum atomic E-state index is 12.6. The first-order chi connectivity index (χ1) is 12.0. The summed E-state index contributed by atoms with van der Waals surface area (Å²) in [5, 5.41) is 2.69. The Morgan fingerprint density at radius 2 is 2.24 bits per heavy atom. The van der Waals surface area contributed by atoms with Crippen LogP contribution >= 0.6 is 0 Å². The van der Waals surface area contributed by atoms with E-state index < -0.39 is 6.10 Å². The molecule has 0 aliphatic carbocycles. The van der Waals surface area contributed by atoms with E-state index in [2.05, 4.69) is 20.3 Å². The van der Waals surface area contributed by atoms with Gasteiger partial charge in [0.25, 0.3) is 5.91 Å². The number of morpholine rings is 1. The van der Waals surface area contributed by atoms with Gasteiger partial charge in [-0.15, -0.1) is 0 Å². The quantitative estimate of drug-likeness (QED) is 0.865. The van der Waals surface area contributed by atoms with Crippen LogP contribution in [0.15, 0.2) is 23.1 Å². The van der Waals surface area contributed by atoms with E-state index in [1.807, 2.05) is 0 Å². The summed E-state index contributed by atoms with van der Waals surface area (Å²) in [5.41, 5.74) is 0.987. The van der Waals surface area contributed by atoms with Gasteiger partial charge in [-0.1, -0.05) is 0 Å². The van der Waals surface area contributed by atoms with Crippen molar-refractivity contribution in [2.24, 2.45) is 0 Å². The molecule has 2 aromatic rings. The van der Waals surface area contributed by atoms with Crippen molar-refractivity contribution in [1.82, 2.24) is 25.2 Å². The van der Waals surface area contributed by atoms with Gasteiger partial charge in [0.05, 0.1) is 25.4 Å². The first-order valence-corrected chi connectivity index (χ1v) is 7.92. The van der Waals surface area contributed by atoms with Crippen molar-refractivity contribution in [1.29, 1.82) is 0 Å². The molecule has 25 heavy (non-hydrogen) atoms. The predicted molar refractivity (Wildman–Crippen MR) is 85.4 cm³/mol. The zero-order valence-electron chi connectivity index (χ0n) is 14.1. The van der Waals surface area contributed by atoms with Gasteiger partial charge in [-0.3, -0.25) is 9.59 Å². The molecule has 1 saturated heterocycles. The second kappa shape index (κ2) is 7.39. The lowest BCUT2D eigenvalue weighted by molar-refractivity contribution is -0.119. The van der Waals surface area contributed by atoms with Gasteiger partial charge in [-0.25, -0.2) is 15.0 Å². The van der Waals surface area contributed by atoms with Crippen molar-refractivity contribution in [3.05, 3.63) is 41.6 Å². The van der Waals surface area contributed by atoms with E-state index >= 15 is 0 Å². The summed E-state index contributed by atoms with van der Waals surface area (Å²) in [5.74, 6) is 0.640. The highest BCUT2D eigenvalue weighted by atomic mass is 16.5. The van der Waals surface area contributed by atoms with Gasteiger partial charge in [0.1, 0.15) is 11.9 Å². The number of oxazole rings is 1. The monoisotopic (exact) mass is 345 g/mol. The third-order valence-electron chi connectivity index (χ3n) is 3.84. The van der Waals surface area contributed by atoms with E-state index in [0.29, 0.717) is 49.2 Å². The SMILES string of the molecule is CC(=O)NCc1ccnc(C2CN(C(=O)c3ncoc3C)CCO2)n1. The second-order valence-electron chi connectivity index (χ2n) is 5.68. The van der Waals surface area contributed by atoms with Crippen LogP contribution in [0.5, 0.6) is 0 Å². The third-order valence-corrected chi connectivity index (χ3v) is 3.84. The standard InChI is InChI=1S/C16H19N5O4/c1-10-14(19-9-25-10)16(23)21-5-6-24-13(8-21)15-17-4-3-12(20-15)7-18-11(2)22/h3-4,9,13H,5-8H2,1-2H3,(H,18,22). The van der Waals surface area contributed by atoms with Crippen molar-refractivity contribution in [2.75, 3.05) is 19.7 Å². The van der Waals surface area contributed by atoms with Gasteiger partial charge in [-0.05, 0) is 13.0 Å². The fourth-order valence-corrected chi connectivity index (χ4v) is 2.53. The number of carbonyl (C=O) groups excluding carboxylic acids is 2. The van der Waals surface area contributed by atoms with Crippen molar-refractivity contribution < 1.29 is 18.7 Å². The highest BCUT2D eigenvalue weighted by Crippen LogP contribution is 2.21. The molecule has 2 amide bonds. The Morgan fingerprint density at radius 1 is 1.40 bits per heavy atom. The molecule has 0 radical (unpaired) electrons. The van der Waals surface area contributed by atoms with Gasteiger partial charge < -0.3 is 19.4 Å². The van der Waals surface area contributed by atoms with Gasteiger partial charge in [0.2, 0.25) is 5.91 Å². The van der Waals surface area contributed by atoms with Crippen molar-refractivity contribution in [2.45, 2.75) is 26.5 Å². The van der Waals surface area contributed by atoms with Gasteiger partial charge in [0, 0.05) is 19.7 Å². The molecule has 0 saturated carbocycles. The number of hydrogen-bond acceptors (Lipinski definition) is 7. The number of ether oxygens (including phenoxy) is 1. The lowest BCUT2D eigenvalue weighted by atomic mass is 10.2. The summed E-state index contributed by atoms with van der Waals surface area (Å²) in [6.45, 7) is 4.64. The van der Waals surface area contributed by atoms with Crippen LogP contribution in [-0.2, 0) is 16.1 Å². The molecule has 3 rings (SSSR count). The lowest BCUT2D eigenvalue weighted by Crippen LogP contribution is -2.43. The zero-order chi connectivity index (χ0) is 17.8. The maximum Gasteiger partial charge on any atom is 0.276 e. The number of aryl methyl sites for hydroxylation is 1. The molecule has 1 aliphatic heterocycles. The fraction of sp³-hybridized carbons (Fsp3) is 0.438. The van der Waals surface area contributed by atoms with E-state index in [-0.39, 0.29) is 11.8 Å². The molecule has 9 heteroatoms. The molecule has 1 unspecified atom stereocenters. The maximum absolute atomic E-state index is 12.6. The highest BCUT2D eigenvalue weighted by Gasteiger charge is 2.29. The van der Waals surface area contributed by atoms with Crippen LogP contribution < -0.4 is 5.32 Å². The topological polar surface area (TPSA) is 110 Å². The minimum Gasteiger partial charge on any atom is -0.448 e. The predicted octanol–water partition coefficient (Wildman–Crippen LogP) is 0.623. The minimum atomic E-state index is -0.429. The van der Waals surface area contributed by atoms with Gasteiger partial charge >= 0.3 is 0 Å². The van der Waals surface area contributed by atoms with Crippen LogP contribution in [0.3, 0.4) is 0 Å². The van der Waals surface area contributed by atoms with Crippen LogP contribution in [0, 0.1) is 6.92 Å². The van der Waals surface area contributed by atoms with Crippen LogP contribution in [0.4, 0.5) is 0 Å². The molecule has 9 nitrogen and oxygen atoms in total. The number of aromatic nitrogens is 3. The van der Waals surface area contributed by atoms with E-state index in [1.54, 1.807) is 24.1 Å². The van der Waals surface area contributed by atoms with Crippen LogP contribution in [0.1, 0.15) is 40.8 Å². The fourth-order valence-electron chi connectivity index (χ4n) is 2.53. The lowest BCUT2D eigenvalue weighted by Gasteiger charge is -2.31. The van der Waals surface area contributed by atoms with Crippen LogP contribution in [-0.4, -0.2) is 51.4 Å². The summed E-state index contributed by atoms with van der Waals surface area (Å²) < 4.78 is 10.8. The van der Waals surface area contributed by atoms with Crippen molar-refractivity contribution in [3.63, 3.8) is 0 Å². The van der Waals surface area contributed by atoms with E-state index in [0.717, 1.165) is 0 Å². The van der Waals surface area contributed by atoms with Gasteiger partial charge in [-0.2, -0.15) is 0 Å². The van der Waals surface area contributed by atoms with E-state index in [9.17, 15) is 9.59 Å². The molecule has 0 spiro atoms. The normalized spacial score (nSPS) is 17.4. The Morgan fingerprint density at radius 3 is 2.96 bits per heavy atom. The molecule has 1 atom stereocenters. The van der Waals surface area contributed by atoms with Crippen molar-refractivity contribution >= 4 is 11.8 Å².